The van der Waals surface area contributed by atoms with Crippen LogP contribution in [0.3, 0.4) is 0 Å². The van der Waals surface area contributed by atoms with Gasteiger partial charge in [0, 0.05) is 47.9 Å². The van der Waals surface area contributed by atoms with E-state index in [1.807, 2.05) is 0 Å². The van der Waals surface area contributed by atoms with Crippen LogP contribution in [0.25, 0.3) is 0 Å². The van der Waals surface area contributed by atoms with E-state index < -0.39 is 35.6 Å². The predicted molar refractivity (Wildman–Crippen MR) is 198 cm³/mol. The molecule has 288 valence electrons. The lowest BCUT2D eigenvalue weighted by atomic mass is 10.0. The lowest BCUT2D eigenvalue weighted by molar-refractivity contribution is -0.173. The fraction of sp³-hybridized carbons (Fsp3) is 0.143. The number of carbonyl (C=O) groups is 8. The van der Waals surface area contributed by atoms with Crippen molar-refractivity contribution in [3.05, 3.63) is 130 Å². The SMILES string of the molecule is C#CCOc1ccc(C(=O)c2ccc(C(=O)O)cc2)cc1.C#CCOc1ccc(C(=O)c2ccc(C(=O)ON3C(=O)CCC3=O)cc2)cc1.O=C1CCC(=O)N1O. The second kappa shape index (κ2) is 20.0. The Balaban J connectivity index is 0.000000217. The highest BCUT2D eigenvalue weighted by atomic mass is 16.7. The molecule has 15 heteroatoms. The Labute approximate surface area is 325 Å². The first kappa shape index (κ1) is 41.9. The van der Waals surface area contributed by atoms with Gasteiger partial charge < -0.3 is 19.4 Å². The Hall–Kier alpha value is -7.88. The van der Waals surface area contributed by atoms with Gasteiger partial charge in [-0.3, -0.25) is 34.0 Å². The van der Waals surface area contributed by atoms with Crippen LogP contribution in [0.2, 0.25) is 0 Å². The van der Waals surface area contributed by atoms with Gasteiger partial charge in [0.2, 0.25) is 0 Å². The number of hydrogen-bond donors (Lipinski definition) is 2. The smallest absolute Gasteiger partial charge is 0.363 e. The lowest BCUT2D eigenvalue weighted by Crippen LogP contribution is -2.32. The zero-order chi connectivity index (χ0) is 41.5. The number of ether oxygens (including phenoxy) is 2. The number of ketones is 2. The molecule has 4 aromatic carbocycles. The third-order valence-corrected chi connectivity index (χ3v) is 7.86. The molecule has 0 bridgehead atoms. The van der Waals surface area contributed by atoms with Gasteiger partial charge in [0.25, 0.3) is 23.6 Å². The lowest BCUT2D eigenvalue weighted by Gasteiger charge is -2.12. The molecule has 0 unspecified atom stereocenters. The number of hydrogen-bond acceptors (Lipinski definition) is 12. The first-order valence-electron chi connectivity index (χ1n) is 16.8. The number of carboxylic acids is 1. The molecule has 0 atom stereocenters. The van der Waals surface area contributed by atoms with Gasteiger partial charge in [-0.2, -0.15) is 5.06 Å². The van der Waals surface area contributed by atoms with Gasteiger partial charge in [-0.15, -0.1) is 17.9 Å². The maximum atomic E-state index is 12.5. The van der Waals surface area contributed by atoms with Crippen molar-refractivity contribution in [1.29, 1.82) is 0 Å². The molecule has 15 nitrogen and oxygen atoms in total. The van der Waals surface area contributed by atoms with Crippen molar-refractivity contribution < 1.29 is 63.0 Å². The third kappa shape index (κ3) is 11.6. The molecule has 0 aromatic heterocycles. The molecule has 57 heavy (non-hydrogen) atoms. The second-order valence-electron chi connectivity index (χ2n) is 11.7. The average molecular weight is 773 g/mol. The van der Waals surface area contributed by atoms with Crippen molar-refractivity contribution in [2.24, 2.45) is 0 Å². The topological polar surface area (TPSA) is 211 Å². The molecule has 0 saturated carbocycles. The van der Waals surface area contributed by atoms with Crippen molar-refractivity contribution in [1.82, 2.24) is 10.1 Å². The largest absolute Gasteiger partial charge is 0.481 e. The average Bonchev–Trinajstić information content (AvgIpc) is 3.71. The van der Waals surface area contributed by atoms with Crippen molar-refractivity contribution in [3.8, 4) is 36.2 Å². The third-order valence-electron chi connectivity index (χ3n) is 7.86. The summed E-state index contributed by atoms with van der Waals surface area (Å²) < 4.78 is 10.5. The van der Waals surface area contributed by atoms with Crippen molar-refractivity contribution in [2.45, 2.75) is 25.7 Å². The Morgan fingerprint density at radius 2 is 0.842 bits per heavy atom. The van der Waals surface area contributed by atoms with Crippen LogP contribution in [0.15, 0.2) is 97.1 Å². The van der Waals surface area contributed by atoms with E-state index in [1.165, 1.54) is 48.5 Å². The second-order valence-corrected chi connectivity index (χ2v) is 11.7. The number of rotatable bonds is 11. The molecule has 0 aliphatic carbocycles. The van der Waals surface area contributed by atoms with Gasteiger partial charge >= 0.3 is 11.9 Å². The van der Waals surface area contributed by atoms with E-state index in [1.54, 1.807) is 48.5 Å². The quantitative estimate of drug-likeness (QED) is 0.0944. The van der Waals surface area contributed by atoms with E-state index >= 15 is 0 Å². The Bertz CT molecular complexity index is 2220. The minimum atomic E-state index is -1.02. The Morgan fingerprint density at radius 3 is 1.16 bits per heavy atom. The minimum Gasteiger partial charge on any atom is -0.481 e. The summed E-state index contributed by atoms with van der Waals surface area (Å²) in [5, 5.41) is 17.9. The summed E-state index contributed by atoms with van der Waals surface area (Å²) >= 11 is 0. The van der Waals surface area contributed by atoms with Crippen molar-refractivity contribution in [2.75, 3.05) is 13.2 Å². The number of terminal acetylenes is 2. The first-order chi connectivity index (χ1) is 27.3. The van der Waals surface area contributed by atoms with Crippen LogP contribution in [-0.2, 0) is 24.0 Å². The van der Waals surface area contributed by atoms with E-state index in [4.69, 9.17) is 37.5 Å². The van der Waals surface area contributed by atoms with Crippen LogP contribution >= 0.6 is 0 Å². The van der Waals surface area contributed by atoms with Crippen LogP contribution in [0, 0.1) is 24.7 Å². The van der Waals surface area contributed by atoms with E-state index in [0.717, 1.165) is 0 Å². The van der Waals surface area contributed by atoms with E-state index in [0.29, 0.717) is 38.8 Å². The number of carbonyl (C=O) groups excluding carboxylic acids is 7. The zero-order valence-electron chi connectivity index (χ0n) is 29.9. The van der Waals surface area contributed by atoms with Crippen LogP contribution in [-0.4, -0.2) is 80.8 Å². The summed E-state index contributed by atoms with van der Waals surface area (Å²) in [6.45, 7) is 0.309. The monoisotopic (exact) mass is 772 g/mol. The highest BCUT2D eigenvalue weighted by Crippen LogP contribution is 2.19. The maximum absolute atomic E-state index is 12.5. The normalized spacial score (nSPS) is 12.9. The molecule has 6 rings (SSSR count). The van der Waals surface area contributed by atoms with Gasteiger partial charge in [0.15, 0.2) is 11.6 Å². The number of imide groups is 2. The molecule has 2 aliphatic rings. The molecule has 2 N–H and O–H groups in total. The van der Waals surface area contributed by atoms with Crippen LogP contribution in [0.4, 0.5) is 0 Å². The van der Waals surface area contributed by atoms with Crippen molar-refractivity contribution in [3.63, 3.8) is 0 Å². The van der Waals surface area contributed by atoms with Crippen LogP contribution in [0.1, 0.15) is 78.2 Å². The molecule has 2 heterocycles. The summed E-state index contributed by atoms with van der Waals surface area (Å²) in [6.07, 6.45) is 10.6. The van der Waals surface area contributed by atoms with E-state index in [-0.39, 0.29) is 66.7 Å². The molecular formula is C42H32N2O13. The summed E-state index contributed by atoms with van der Waals surface area (Å²) in [4.78, 5) is 95.9. The molecule has 0 spiro atoms. The van der Waals surface area contributed by atoms with Crippen LogP contribution in [0.5, 0.6) is 11.5 Å². The first-order valence-corrected chi connectivity index (χ1v) is 16.8. The van der Waals surface area contributed by atoms with E-state index in [2.05, 4.69) is 11.8 Å². The molecule has 2 fully saturated rings. The number of nitrogens with zero attached hydrogens (tertiary/aromatic N) is 2. The molecule has 4 amide bonds. The van der Waals surface area contributed by atoms with Gasteiger partial charge in [-0.1, -0.05) is 36.1 Å². The highest BCUT2D eigenvalue weighted by Gasteiger charge is 2.33. The van der Waals surface area contributed by atoms with Gasteiger partial charge in [0.05, 0.1) is 11.1 Å². The zero-order valence-corrected chi connectivity index (χ0v) is 29.9. The van der Waals surface area contributed by atoms with Crippen LogP contribution < -0.4 is 9.47 Å². The van der Waals surface area contributed by atoms with E-state index in [9.17, 15) is 38.4 Å². The number of aromatic carboxylic acids is 1. The summed E-state index contributed by atoms with van der Waals surface area (Å²) in [7, 11) is 0. The molecule has 2 aliphatic heterocycles. The highest BCUT2D eigenvalue weighted by molar-refractivity contribution is 6.10. The number of carboxylic acid groups (broad SMARTS) is 1. The molecule has 0 radical (unpaired) electrons. The molecular weight excluding hydrogens is 740 g/mol. The maximum Gasteiger partial charge on any atom is 0.363 e. The Kier molecular flexibility index (Phi) is 14.7. The number of amides is 4. The predicted octanol–water partition coefficient (Wildman–Crippen LogP) is 4.30. The summed E-state index contributed by atoms with van der Waals surface area (Å²) in [5.41, 5.74) is 1.98. The molecule has 2 saturated heterocycles. The number of hydroxylamine groups is 4. The van der Waals surface area contributed by atoms with Gasteiger partial charge in [0.1, 0.15) is 24.7 Å². The Morgan fingerprint density at radius 1 is 0.526 bits per heavy atom. The fourth-order valence-corrected chi connectivity index (χ4v) is 4.87. The van der Waals surface area contributed by atoms with Crippen molar-refractivity contribution >= 4 is 47.1 Å². The number of benzene rings is 4. The minimum absolute atomic E-state index is 0.0200. The van der Waals surface area contributed by atoms with Gasteiger partial charge in [-0.25, -0.2) is 9.59 Å². The summed E-state index contributed by atoms with van der Waals surface area (Å²) in [6, 6.07) is 24.6. The van der Waals surface area contributed by atoms with Gasteiger partial charge in [-0.05, 0) is 72.8 Å². The standard InChI is InChI=1S/C21H15NO6.C17H12O4.C4H5NO3/c1-2-13-27-17-9-7-15(8-10-17)20(25)14-3-5-16(6-4-14)21(26)28-22-18(23)11-12-19(22)24;1-2-11-21-15-9-7-13(8-10-15)16(18)12-3-5-14(6-4-12)17(19)20;6-3-1-2-4(7)5(3)8/h1,3-10H,11-13H2;1,3-10H,11H2,(H,19,20);8H,1-2H2. The summed E-state index contributed by atoms with van der Waals surface area (Å²) in [5.74, 6) is 1.43. The molecule has 4 aromatic rings. The fourth-order valence-electron chi connectivity index (χ4n) is 4.87.